The van der Waals surface area contributed by atoms with Crippen LogP contribution in [0.1, 0.15) is 5.56 Å². The molecule has 0 saturated carbocycles. The SMILES string of the molecule is CN(CC(=O)N1CCN(S(=O)(=O)c2ccccc2F)CC1)Cc1ccc(Br)cc1. The van der Waals surface area contributed by atoms with Gasteiger partial charge in [0.05, 0.1) is 6.54 Å². The molecule has 6 nitrogen and oxygen atoms in total. The first kappa shape index (κ1) is 21.9. The Labute approximate surface area is 179 Å². The number of amides is 1. The molecule has 1 fully saturated rings. The minimum Gasteiger partial charge on any atom is -0.339 e. The zero-order valence-electron chi connectivity index (χ0n) is 16.1. The average molecular weight is 484 g/mol. The highest BCUT2D eigenvalue weighted by molar-refractivity contribution is 9.10. The van der Waals surface area contributed by atoms with Crippen molar-refractivity contribution < 1.29 is 17.6 Å². The minimum absolute atomic E-state index is 0.0486. The molecule has 1 heterocycles. The minimum atomic E-state index is -3.90. The molecule has 1 amide bonds. The molecule has 1 saturated heterocycles. The van der Waals surface area contributed by atoms with E-state index in [1.807, 2.05) is 36.2 Å². The average Bonchev–Trinajstić information content (AvgIpc) is 2.70. The fourth-order valence-corrected chi connectivity index (χ4v) is 5.01. The van der Waals surface area contributed by atoms with Crippen molar-refractivity contribution in [2.75, 3.05) is 39.8 Å². The molecule has 0 unspecified atom stereocenters. The lowest BCUT2D eigenvalue weighted by molar-refractivity contribution is -0.133. The third kappa shape index (κ3) is 5.42. The van der Waals surface area contributed by atoms with E-state index in [-0.39, 0.29) is 30.4 Å². The zero-order valence-corrected chi connectivity index (χ0v) is 18.5. The fraction of sp³-hybridized carbons (Fsp3) is 0.350. The summed E-state index contributed by atoms with van der Waals surface area (Å²) in [5, 5.41) is 0. The summed E-state index contributed by atoms with van der Waals surface area (Å²) in [6.07, 6.45) is 0. The number of likely N-dealkylation sites (N-methyl/N-ethyl adjacent to an activating group) is 1. The van der Waals surface area contributed by atoms with Crippen molar-refractivity contribution in [2.24, 2.45) is 0 Å². The van der Waals surface area contributed by atoms with Gasteiger partial charge >= 0.3 is 0 Å². The standard InChI is InChI=1S/C20H23BrFN3O3S/c1-23(14-16-6-8-17(21)9-7-16)15-20(26)24-10-12-25(13-11-24)29(27,28)19-5-3-2-4-18(19)22/h2-9H,10-15H2,1H3. The van der Waals surface area contributed by atoms with E-state index >= 15 is 0 Å². The first-order valence-corrected chi connectivity index (χ1v) is 11.5. The van der Waals surface area contributed by atoms with Crippen LogP contribution in [0.4, 0.5) is 4.39 Å². The third-order valence-corrected chi connectivity index (χ3v) is 7.28. The molecule has 0 spiro atoms. The van der Waals surface area contributed by atoms with Crippen LogP contribution >= 0.6 is 15.9 Å². The molecule has 1 aliphatic rings. The molecular weight excluding hydrogens is 461 g/mol. The van der Waals surface area contributed by atoms with Crippen LogP contribution in [0.25, 0.3) is 0 Å². The van der Waals surface area contributed by atoms with Crippen molar-refractivity contribution in [3.8, 4) is 0 Å². The molecule has 0 aromatic heterocycles. The molecule has 2 aromatic rings. The molecule has 0 atom stereocenters. The summed E-state index contributed by atoms with van der Waals surface area (Å²) in [7, 11) is -2.03. The first-order chi connectivity index (χ1) is 13.8. The van der Waals surface area contributed by atoms with Gasteiger partial charge in [0.1, 0.15) is 10.7 Å². The number of carbonyl (C=O) groups excluding carboxylic acids is 1. The highest BCUT2D eigenvalue weighted by Gasteiger charge is 2.31. The molecule has 0 aliphatic carbocycles. The Morgan fingerprint density at radius 3 is 2.31 bits per heavy atom. The lowest BCUT2D eigenvalue weighted by Crippen LogP contribution is -2.52. The van der Waals surface area contributed by atoms with Crippen LogP contribution in [0.5, 0.6) is 0 Å². The second-order valence-corrected chi connectivity index (χ2v) is 9.84. The molecule has 0 radical (unpaired) electrons. The van der Waals surface area contributed by atoms with Crippen LogP contribution in [0, 0.1) is 5.82 Å². The zero-order chi connectivity index (χ0) is 21.0. The number of piperazine rings is 1. The van der Waals surface area contributed by atoms with E-state index in [4.69, 9.17) is 0 Å². The van der Waals surface area contributed by atoms with Crippen molar-refractivity contribution in [3.63, 3.8) is 0 Å². The Kier molecular flexibility index (Phi) is 7.05. The van der Waals surface area contributed by atoms with Gasteiger partial charge in [-0.15, -0.1) is 0 Å². The molecule has 0 N–H and O–H groups in total. The van der Waals surface area contributed by atoms with Gasteiger partial charge in [0.15, 0.2) is 0 Å². The van der Waals surface area contributed by atoms with Gasteiger partial charge in [-0.25, -0.2) is 12.8 Å². The van der Waals surface area contributed by atoms with Gasteiger partial charge in [0, 0.05) is 37.2 Å². The van der Waals surface area contributed by atoms with Crippen molar-refractivity contribution >= 4 is 31.9 Å². The maximum atomic E-state index is 13.9. The van der Waals surface area contributed by atoms with E-state index in [0.717, 1.165) is 16.1 Å². The van der Waals surface area contributed by atoms with Crippen LogP contribution in [-0.2, 0) is 21.4 Å². The molecule has 156 valence electrons. The number of rotatable bonds is 6. The fourth-order valence-electron chi connectivity index (χ4n) is 3.26. The van der Waals surface area contributed by atoms with Gasteiger partial charge < -0.3 is 4.90 Å². The third-order valence-electron chi connectivity index (χ3n) is 4.82. The largest absolute Gasteiger partial charge is 0.339 e. The number of carbonyl (C=O) groups is 1. The van der Waals surface area contributed by atoms with Crippen LogP contribution in [0.2, 0.25) is 0 Å². The molecule has 1 aliphatic heterocycles. The topological polar surface area (TPSA) is 60.9 Å². The maximum Gasteiger partial charge on any atom is 0.246 e. The van der Waals surface area contributed by atoms with E-state index in [1.165, 1.54) is 22.5 Å². The van der Waals surface area contributed by atoms with E-state index in [1.54, 1.807) is 4.90 Å². The summed E-state index contributed by atoms with van der Waals surface area (Å²) in [5.41, 5.74) is 1.10. The van der Waals surface area contributed by atoms with Gasteiger partial charge in [0.2, 0.25) is 15.9 Å². The number of hydrogen-bond acceptors (Lipinski definition) is 4. The van der Waals surface area contributed by atoms with Crippen molar-refractivity contribution in [1.82, 2.24) is 14.1 Å². The van der Waals surface area contributed by atoms with Gasteiger partial charge in [0.25, 0.3) is 0 Å². The van der Waals surface area contributed by atoms with Crippen LogP contribution in [0.3, 0.4) is 0 Å². The molecule has 2 aromatic carbocycles. The summed E-state index contributed by atoms with van der Waals surface area (Å²) < 4.78 is 41.5. The molecular formula is C20H23BrFN3O3S. The Morgan fingerprint density at radius 2 is 1.69 bits per heavy atom. The smallest absolute Gasteiger partial charge is 0.246 e. The van der Waals surface area contributed by atoms with Crippen molar-refractivity contribution in [1.29, 1.82) is 0 Å². The van der Waals surface area contributed by atoms with Gasteiger partial charge in [-0.3, -0.25) is 9.69 Å². The normalized spacial score (nSPS) is 15.7. The Hall–Kier alpha value is -1.81. The highest BCUT2D eigenvalue weighted by Crippen LogP contribution is 2.20. The maximum absolute atomic E-state index is 13.9. The van der Waals surface area contributed by atoms with Gasteiger partial charge in [-0.2, -0.15) is 4.31 Å². The molecule has 0 bridgehead atoms. The summed E-state index contributed by atoms with van der Waals surface area (Å²) in [6, 6.07) is 13.3. The monoisotopic (exact) mass is 483 g/mol. The van der Waals surface area contributed by atoms with Crippen molar-refractivity contribution in [2.45, 2.75) is 11.4 Å². The summed E-state index contributed by atoms with van der Waals surface area (Å²) >= 11 is 3.40. The summed E-state index contributed by atoms with van der Waals surface area (Å²) in [6.45, 7) is 1.77. The van der Waals surface area contributed by atoms with E-state index in [2.05, 4.69) is 15.9 Å². The lowest BCUT2D eigenvalue weighted by atomic mass is 10.2. The van der Waals surface area contributed by atoms with E-state index < -0.39 is 15.8 Å². The Morgan fingerprint density at radius 1 is 1.07 bits per heavy atom. The van der Waals surface area contributed by atoms with E-state index in [0.29, 0.717) is 19.6 Å². The lowest BCUT2D eigenvalue weighted by Gasteiger charge is -2.34. The van der Waals surface area contributed by atoms with Crippen LogP contribution in [-0.4, -0.2) is 68.2 Å². The second kappa shape index (κ2) is 9.34. The predicted molar refractivity (Wildman–Crippen MR) is 112 cm³/mol. The number of benzene rings is 2. The highest BCUT2D eigenvalue weighted by atomic mass is 79.9. The number of halogens is 2. The van der Waals surface area contributed by atoms with E-state index in [9.17, 15) is 17.6 Å². The van der Waals surface area contributed by atoms with Crippen LogP contribution in [0.15, 0.2) is 57.9 Å². The predicted octanol–water partition coefficient (Wildman–Crippen LogP) is 2.55. The van der Waals surface area contributed by atoms with Crippen LogP contribution < -0.4 is 0 Å². The number of nitrogens with zero attached hydrogens (tertiary/aromatic N) is 3. The first-order valence-electron chi connectivity index (χ1n) is 9.23. The summed E-state index contributed by atoms with van der Waals surface area (Å²) in [5.74, 6) is -0.812. The molecule has 3 rings (SSSR count). The number of hydrogen-bond donors (Lipinski definition) is 0. The molecule has 29 heavy (non-hydrogen) atoms. The van der Waals surface area contributed by atoms with Gasteiger partial charge in [-0.1, -0.05) is 40.2 Å². The number of sulfonamides is 1. The quantitative estimate of drug-likeness (QED) is 0.633. The summed E-state index contributed by atoms with van der Waals surface area (Å²) in [4.78, 5) is 15.8. The second-order valence-electron chi connectivity index (χ2n) is 7.01. The Balaban J connectivity index is 1.54. The Bertz CT molecular complexity index is 961. The molecule has 9 heteroatoms. The van der Waals surface area contributed by atoms with Gasteiger partial charge in [-0.05, 0) is 36.9 Å². The van der Waals surface area contributed by atoms with Crippen molar-refractivity contribution in [3.05, 3.63) is 64.4 Å².